The fraction of sp³-hybridized carbons (Fsp3) is 0.182. The van der Waals surface area contributed by atoms with E-state index in [1.807, 2.05) is 86.6 Å². The zero-order chi connectivity index (χ0) is 18.2. The minimum Gasteiger partial charge on any atom is -0.494 e. The molecular weight excluding hydrogens is 324 g/mol. The van der Waals surface area contributed by atoms with Crippen molar-refractivity contribution in [3.63, 3.8) is 0 Å². The van der Waals surface area contributed by atoms with Crippen LogP contribution >= 0.6 is 0 Å². The molecule has 0 radical (unpaired) electrons. The van der Waals surface area contributed by atoms with Gasteiger partial charge in [-0.1, -0.05) is 6.07 Å². The van der Waals surface area contributed by atoms with Gasteiger partial charge in [-0.3, -0.25) is 0 Å². The molecule has 0 atom stereocenters. The lowest BCUT2D eigenvalue weighted by atomic mass is 10.2. The standard InChI is InChI=1S/C22H24N2O2/c1-3-25-21-14-12-19(13-15-21)23-17-8-10-18(11-9-17)24-20-6-5-7-22(16-20)26-4-2/h5-16,23-24H,3-4H2,1-2H3. The number of ether oxygens (including phenoxy) is 2. The molecule has 26 heavy (non-hydrogen) atoms. The average Bonchev–Trinajstić information content (AvgIpc) is 2.66. The first-order valence-electron chi connectivity index (χ1n) is 8.86. The zero-order valence-electron chi connectivity index (χ0n) is 15.2. The van der Waals surface area contributed by atoms with Crippen molar-refractivity contribution in [2.24, 2.45) is 0 Å². The number of benzene rings is 3. The summed E-state index contributed by atoms with van der Waals surface area (Å²) in [6.07, 6.45) is 0. The molecule has 4 heteroatoms. The van der Waals surface area contributed by atoms with Gasteiger partial charge in [0, 0.05) is 28.8 Å². The maximum absolute atomic E-state index is 5.53. The van der Waals surface area contributed by atoms with Crippen LogP contribution in [-0.2, 0) is 0 Å². The van der Waals surface area contributed by atoms with Gasteiger partial charge >= 0.3 is 0 Å². The lowest BCUT2D eigenvalue weighted by molar-refractivity contribution is 0.340. The van der Waals surface area contributed by atoms with Gasteiger partial charge in [-0.2, -0.15) is 0 Å². The summed E-state index contributed by atoms with van der Waals surface area (Å²) in [7, 11) is 0. The van der Waals surface area contributed by atoms with Crippen LogP contribution in [0.2, 0.25) is 0 Å². The molecule has 0 saturated heterocycles. The van der Waals surface area contributed by atoms with Gasteiger partial charge < -0.3 is 20.1 Å². The minimum absolute atomic E-state index is 0.662. The molecule has 0 aliphatic carbocycles. The van der Waals surface area contributed by atoms with Crippen molar-refractivity contribution < 1.29 is 9.47 Å². The summed E-state index contributed by atoms with van der Waals surface area (Å²) in [4.78, 5) is 0. The van der Waals surface area contributed by atoms with E-state index in [0.29, 0.717) is 13.2 Å². The Labute approximate surface area is 154 Å². The molecule has 0 unspecified atom stereocenters. The van der Waals surface area contributed by atoms with Crippen molar-refractivity contribution in [2.75, 3.05) is 23.8 Å². The van der Waals surface area contributed by atoms with Crippen molar-refractivity contribution in [1.82, 2.24) is 0 Å². The molecule has 0 aliphatic rings. The van der Waals surface area contributed by atoms with E-state index in [1.54, 1.807) is 0 Å². The molecule has 0 amide bonds. The molecule has 0 heterocycles. The molecule has 4 nitrogen and oxygen atoms in total. The highest BCUT2D eigenvalue weighted by Gasteiger charge is 2.00. The van der Waals surface area contributed by atoms with Crippen LogP contribution < -0.4 is 20.1 Å². The van der Waals surface area contributed by atoms with Gasteiger partial charge in [-0.15, -0.1) is 0 Å². The van der Waals surface area contributed by atoms with Crippen LogP contribution in [0.1, 0.15) is 13.8 Å². The van der Waals surface area contributed by atoms with E-state index in [4.69, 9.17) is 9.47 Å². The summed E-state index contributed by atoms with van der Waals surface area (Å²) >= 11 is 0. The van der Waals surface area contributed by atoms with E-state index in [0.717, 1.165) is 34.2 Å². The highest BCUT2D eigenvalue weighted by Crippen LogP contribution is 2.24. The van der Waals surface area contributed by atoms with Gasteiger partial charge in [0.05, 0.1) is 13.2 Å². The molecule has 0 bridgehead atoms. The van der Waals surface area contributed by atoms with Gasteiger partial charge in [0.1, 0.15) is 11.5 Å². The summed E-state index contributed by atoms with van der Waals surface area (Å²) < 4.78 is 11.0. The second kappa shape index (κ2) is 8.81. The molecule has 0 saturated carbocycles. The van der Waals surface area contributed by atoms with Crippen LogP contribution in [0.3, 0.4) is 0 Å². The molecule has 3 aromatic rings. The first-order valence-corrected chi connectivity index (χ1v) is 8.86. The molecule has 0 aromatic heterocycles. The quantitative estimate of drug-likeness (QED) is 0.526. The maximum atomic E-state index is 5.53. The predicted molar refractivity (Wildman–Crippen MR) is 108 cm³/mol. The van der Waals surface area contributed by atoms with Crippen LogP contribution in [0.15, 0.2) is 72.8 Å². The van der Waals surface area contributed by atoms with E-state index in [2.05, 4.69) is 10.6 Å². The van der Waals surface area contributed by atoms with E-state index in [9.17, 15) is 0 Å². The second-order valence-electron chi connectivity index (χ2n) is 5.75. The van der Waals surface area contributed by atoms with Crippen LogP contribution in [0.5, 0.6) is 11.5 Å². The smallest absolute Gasteiger partial charge is 0.121 e. The van der Waals surface area contributed by atoms with Gasteiger partial charge in [-0.25, -0.2) is 0 Å². The normalized spacial score (nSPS) is 10.2. The molecule has 3 rings (SSSR count). The Morgan fingerprint density at radius 3 is 1.65 bits per heavy atom. The van der Waals surface area contributed by atoms with Gasteiger partial charge in [-0.05, 0) is 74.5 Å². The van der Waals surface area contributed by atoms with Crippen LogP contribution in [0, 0.1) is 0 Å². The Morgan fingerprint density at radius 1 is 0.577 bits per heavy atom. The third kappa shape index (κ3) is 4.93. The SMILES string of the molecule is CCOc1ccc(Nc2ccc(Nc3cccc(OCC)c3)cc2)cc1. The summed E-state index contributed by atoms with van der Waals surface area (Å²) in [5.41, 5.74) is 4.08. The number of hydrogen-bond acceptors (Lipinski definition) is 4. The predicted octanol–water partition coefficient (Wildman–Crippen LogP) is 5.97. The van der Waals surface area contributed by atoms with Crippen molar-refractivity contribution in [3.8, 4) is 11.5 Å². The minimum atomic E-state index is 0.662. The molecule has 0 fully saturated rings. The van der Waals surface area contributed by atoms with Crippen LogP contribution in [0.4, 0.5) is 22.7 Å². The fourth-order valence-corrected chi connectivity index (χ4v) is 2.60. The maximum Gasteiger partial charge on any atom is 0.121 e. The Bertz CT molecular complexity index is 814. The Hall–Kier alpha value is -3.14. The van der Waals surface area contributed by atoms with Crippen molar-refractivity contribution in [1.29, 1.82) is 0 Å². The van der Waals surface area contributed by atoms with Crippen molar-refractivity contribution in [2.45, 2.75) is 13.8 Å². The zero-order valence-corrected chi connectivity index (χ0v) is 15.2. The fourth-order valence-electron chi connectivity index (χ4n) is 2.60. The summed E-state index contributed by atoms with van der Waals surface area (Å²) in [5, 5.41) is 6.78. The largest absolute Gasteiger partial charge is 0.494 e. The average molecular weight is 348 g/mol. The highest BCUT2D eigenvalue weighted by atomic mass is 16.5. The van der Waals surface area contributed by atoms with E-state index in [1.165, 1.54) is 0 Å². The van der Waals surface area contributed by atoms with E-state index in [-0.39, 0.29) is 0 Å². The topological polar surface area (TPSA) is 42.5 Å². The first-order chi connectivity index (χ1) is 12.8. The Morgan fingerprint density at radius 2 is 1.08 bits per heavy atom. The van der Waals surface area contributed by atoms with Gasteiger partial charge in [0.15, 0.2) is 0 Å². The Balaban J connectivity index is 1.62. The third-order valence-corrected chi connectivity index (χ3v) is 3.77. The second-order valence-corrected chi connectivity index (χ2v) is 5.75. The number of hydrogen-bond donors (Lipinski definition) is 2. The molecular formula is C22H24N2O2. The Kier molecular flexibility index (Phi) is 5.99. The lowest BCUT2D eigenvalue weighted by Crippen LogP contribution is -1.95. The highest BCUT2D eigenvalue weighted by molar-refractivity contribution is 5.66. The number of anilines is 4. The van der Waals surface area contributed by atoms with Crippen LogP contribution in [-0.4, -0.2) is 13.2 Å². The number of rotatable bonds is 8. The summed E-state index contributed by atoms with van der Waals surface area (Å²) in [6, 6.07) is 24.1. The molecule has 3 aromatic carbocycles. The van der Waals surface area contributed by atoms with Crippen molar-refractivity contribution in [3.05, 3.63) is 72.8 Å². The summed E-state index contributed by atoms with van der Waals surface area (Å²) in [5.74, 6) is 1.75. The molecule has 0 aliphatic heterocycles. The van der Waals surface area contributed by atoms with E-state index >= 15 is 0 Å². The monoisotopic (exact) mass is 348 g/mol. The molecule has 134 valence electrons. The van der Waals surface area contributed by atoms with Crippen LogP contribution in [0.25, 0.3) is 0 Å². The molecule has 2 N–H and O–H groups in total. The number of nitrogens with one attached hydrogen (secondary N) is 2. The lowest BCUT2D eigenvalue weighted by Gasteiger charge is -2.11. The molecule has 0 spiro atoms. The van der Waals surface area contributed by atoms with Gasteiger partial charge in [0.25, 0.3) is 0 Å². The first kappa shape index (κ1) is 17.7. The van der Waals surface area contributed by atoms with E-state index < -0.39 is 0 Å². The van der Waals surface area contributed by atoms with Gasteiger partial charge in [0.2, 0.25) is 0 Å². The van der Waals surface area contributed by atoms with Crippen molar-refractivity contribution >= 4 is 22.7 Å². The third-order valence-electron chi connectivity index (χ3n) is 3.77. The summed E-state index contributed by atoms with van der Waals surface area (Å²) in [6.45, 7) is 5.30.